The number of H-pyrrole nitrogens is 1. The molecule has 2 heterocycles. The molecular formula is C10H14N8O. The molecule has 1 amide bonds. The van der Waals surface area contributed by atoms with Crippen LogP contribution in [-0.2, 0) is 0 Å². The van der Waals surface area contributed by atoms with E-state index in [4.69, 9.17) is 5.73 Å². The summed E-state index contributed by atoms with van der Waals surface area (Å²) in [6.07, 6.45) is 2.83. The van der Waals surface area contributed by atoms with Gasteiger partial charge in [-0.1, -0.05) is 18.9 Å². The Hall–Kier alpha value is -2.58. The summed E-state index contributed by atoms with van der Waals surface area (Å²) in [7, 11) is 0. The molecule has 2 aromatic rings. The number of aromatic amines is 1. The van der Waals surface area contributed by atoms with E-state index in [9.17, 15) is 4.79 Å². The minimum atomic E-state index is -0.632. The Bertz CT molecular complexity index is 552. The fourth-order valence-corrected chi connectivity index (χ4v) is 1.52. The van der Waals surface area contributed by atoms with Gasteiger partial charge in [0.05, 0.1) is 12.4 Å². The molecule has 0 bridgehead atoms. The van der Waals surface area contributed by atoms with Gasteiger partial charge in [-0.25, -0.2) is 4.98 Å². The third-order valence-corrected chi connectivity index (χ3v) is 2.27. The molecule has 0 unspecified atom stereocenters. The van der Waals surface area contributed by atoms with Crippen LogP contribution in [0.3, 0.4) is 0 Å². The van der Waals surface area contributed by atoms with Crippen LogP contribution >= 0.6 is 0 Å². The SMILES string of the molecule is CC(C)CN(c1cncc(C(N)=O)n1)c1nn[nH]n1. The zero-order valence-electron chi connectivity index (χ0n) is 10.6. The lowest BCUT2D eigenvalue weighted by Gasteiger charge is -2.21. The molecule has 0 saturated carbocycles. The van der Waals surface area contributed by atoms with Crippen molar-refractivity contribution >= 4 is 17.7 Å². The second kappa shape index (κ2) is 5.38. The van der Waals surface area contributed by atoms with Crippen molar-refractivity contribution in [3.63, 3.8) is 0 Å². The molecule has 2 aromatic heterocycles. The highest BCUT2D eigenvalue weighted by molar-refractivity contribution is 5.90. The highest BCUT2D eigenvalue weighted by atomic mass is 16.1. The van der Waals surface area contributed by atoms with E-state index in [0.717, 1.165) is 0 Å². The normalized spacial score (nSPS) is 10.7. The minimum Gasteiger partial charge on any atom is -0.364 e. The van der Waals surface area contributed by atoms with Crippen LogP contribution in [0.4, 0.5) is 11.8 Å². The average Bonchev–Trinajstić information content (AvgIpc) is 2.89. The van der Waals surface area contributed by atoms with Gasteiger partial charge in [-0.05, 0) is 11.1 Å². The molecule has 0 aromatic carbocycles. The molecule has 0 fully saturated rings. The van der Waals surface area contributed by atoms with Crippen molar-refractivity contribution in [3.05, 3.63) is 18.1 Å². The van der Waals surface area contributed by atoms with Crippen molar-refractivity contribution in [1.29, 1.82) is 0 Å². The lowest BCUT2D eigenvalue weighted by atomic mass is 10.2. The number of hydrogen-bond acceptors (Lipinski definition) is 7. The summed E-state index contributed by atoms with van der Waals surface area (Å²) in [5.41, 5.74) is 5.29. The maximum absolute atomic E-state index is 11.1. The summed E-state index contributed by atoms with van der Waals surface area (Å²) in [6, 6.07) is 0. The summed E-state index contributed by atoms with van der Waals surface area (Å²) in [5, 5.41) is 13.7. The number of carbonyl (C=O) groups excluding carboxylic acids is 1. The number of nitrogens with one attached hydrogen (secondary N) is 1. The zero-order valence-corrected chi connectivity index (χ0v) is 10.6. The van der Waals surface area contributed by atoms with Gasteiger partial charge in [-0.15, -0.1) is 5.10 Å². The quantitative estimate of drug-likeness (QED) is 0.769. The molecule has 9 heteroatoms. The molecule has 0 saturated heterocycles. The van der Waals surface area contributed by atoms with E-state index >= 15 is 0 Å². The van der Waals surface area contributed by atoms with E-state index in [1.165, 1.54) is 12.4 Å². The van der Waals surface area contributed by atoms with Crippen molar-refractivity contribution in [1.82, 2.24) is 30.6 Å². The molecule has 0 aliphatic heterocycles. The highest BCUT2D eigenvalue weighted by Crippen LogP contribution is 2.19. The Balaban J connectivity index is 2.38. The standard InChI is InChI=1S/C10H14N8O/c1-6(2)5-18(10-14-16-17-15-10)8-4-12-3-7(13-8)9(11)19/h3-4,6H,5H2,1-2H3,(H2,11,19)(H,14,15,16,17). The summed E-state index contributed by atoms with van der Waals surface area (Å²) in [4.78, 5) is 21.0. The van der Waals surface area contributed by atoms with Gasteiger partial charge in [0, 0.05) is 6.54 Å². The van der Waals surface area contributed by atoms with Crippen LogP contribution in [0.25, 0.3) is 0 Å². The number of carbonyl (C=O) groups is 1. The van der Waals surface area contributed by atoms with Gasteiger partial charge in [-0.2, -0.15) is 5.21 Å². The molecular weight excluding hydrogens is 248 g/mol. The minimum absolute atomic E-state index is 0.0924. The Morgan fingerprint density at radius 1 is 1.47 bits per heavy atom. The van der Waals surface area contributed by atoms with Gasteiger partial charge in [0.15, 0.2) is 5.82 Å². The van der Waals surface area contributed by atoms with Crippen LogP contribution in [-0.4, -0.2) is 43.0 Å². The average molecular weight is 262 g/mol. The zero-order chi connectivity index (χ0) is 13.8. The van der Waals surface area contributed by atoms with E-state index in [1.54, 1.807) is 4.90 Å². The maximum Gasteiger partial charge on any atom is 0.271 e. The van der Waals surface area contributed by atoms with Crippen molar-refractivity contribution in [2.45, 2.75) is 13.8 Å². The summed E-state index contributed by atoms with van der Waals surface area (Å²) in [5.74, 6) is 0.514. The Kier molecular flexibility index (Phi) is 3.64. The van der Waals surface area contributed by atoms with Crippen LogP contribution in [0.15, 0.2) is 12.4 Å². The van der Waals surface area contributed by atoms with Gasteiger partial charge in [0.2, 0.25) is 0 Å². The molecule has 19 heavy (non-hydrogen) atoms. The first kappa shape index (κ1) is 12.9. The number of tetrazole rings is 1. The highest BCUT2D eigenvalue weighted by Gasteiger charge is 2.18. The topological polar surface area (TPSA) is 127 Å². The summed E-state index contributed by atoms with van der Waals surface area (Å²) < 4.78 is 0. The lowest BCUT2D eigenvalue weighted by Crippen LogP contribution is -2.26. The Morgan fingerprint density at radius 3 is 2.84 bits per heavy atom. The van der Waals surface area contributed by atoms with Crippen LogP contribution in [0.2, 0.25) is 0 Å². The van der Waals surface area contributed by atoms with Gasteiger partial charge in [0.25, 0.3) is 11.9 Å². The first-order valence-corrected chi connectivity index (χ1v) is 5.70. The maximum atomic E-state index is 11.1. The lowest BCUT2D eigenvalue weighted by molar-refractivity contribution is 0.0995. The number of nitrogens with zero attached hydrogens (tertiary/aromatic N) is 6. The molecule has 0 aliphatic rings. The largest absolute Gasteiger partial charge is 0.364 e. The van der Waals surface area contributed by atoms with Crippen LogP contribution in [0, 0.1) is 5.92 Å². The molecule has 9 nitrogen and oxygen atoms in total. The molecule has 2 rings (SSSR count). The van der Waals surface area contributed by atoms with E-state index in [2.05, 4.69) is 30.6 Å². The van der Waals surface area contributed by atoms with Gasteiger partial charge in [-0.3, -0.25) is 14.7 Å². The third-order valence-electron chi connectivity index (χ3n) is 2.27. The first-order valence-electron chi connectivity index (χ1n) is 5.70. The number of amides is 1. The molecule has 100 valence electrons. The summed E-state index contributed by atoms with van der Waals surface area (Å²) in [6.45, 7) is 4.69. The van der Waals surface area contributed by atoms with Crippen molar-refractivity contribution < 1.29 is 4.79 Å². The Labute approximate surface area is 109 Å². The van der Waals surface area contributed by atoms with E-state index in [1.807, 2.05) is 13.8 Å². The third kappa shape index (κ3) is 3.00. The van der Waals surface area contributed by atoms with Crippen molar-refractivity contribution in [2.75, 3.05) is 11.4 Å². The number of rotatable bonds is 5. The van der Waals surface area contributed by atoms with Crippen molar-refractivity contribution in [2.24, 2.45) is 11.7 Å². The number of primary amides is 1. The van der Waals surface area contributed by atoms with Gasteiger partial charge < -0.3 is 5.73 Å². The fourth-order valence-electron chi connectivity index (χ4n) is 1.52. The molecule has 0 spiro atoms. The molecule has 0 atom stereocenters. The number of hydrogen-bond donors (Lipinski definition) is 2. The van der Waals surface area contributed by atoms with Crippen LogP contribution in [0.5, 0.6) is 0 Å². The van der Waals surface area contributed by atoms with E-state index < -0.39 is 5.91 Å². The van der Waals surface area contributed by atoms with Crippen LogP contribution in [0.1, 0.15) is 24.3 Å². The number of aromatic nitrogens is 6. The Morgan fingerprint density at radius 2 is 2.26 bits per heavy atom. The van der Waals surface area contributed by atoms with Gasteiger partial charge >= 0.3 is 0 Å². The smallest absolute Gasteiger partial charge is 0.271 e. The van der Waals surface area contributed by atoms with Gasteiger partial charge in [0.1, 0.15) is 5.69 Å². The molecule has 3 N–H and O–H groups in total. The second-order valence-electron chi connectivity index (χ2n) is 4.34. The summed E-state index contributed by atoms with van der Waals surface area (Å²) >= 11 is 0. The first-order chi connectivity index (χ1) is 9.08. The number of nitrogens with two attached hydrogens (primary N) is 1. The predicted molar refractivity (Wildman–Crippen MR) is 66.6 cm³/mol. The number of anilines is 2. The fraction of sp³-hybridized carbons (Fsp3) is 0.400. The molecule has 0 radical (unpaired) electrons. The van der Waals surface area contributed by atoms with Crippen LogP contribution < -0.4 is 10.6 Å². The van der Waals surface area contributed by atoms with E-state index in [-0.39, 0.29) is 5.69 Å². The molecule has 0 aliphatic carbocycles. The van der Waals surface area contributed by atoms with E-state index in [0.29, 0.717) is 24.2 Å². The monoisotopic (exact) mass is 262 g/mol. The van der Waals surface area contributed by atoms with Crippen molar-refractivity contribution in [3.8, 4) is 0 Å². The predicted octanol–water partition coefficient (Wildman–Crippen LogP) is -0.117. The second-order valence-corrected chi connectivity index (χ2v) is 4.34.